The first-order valence-electron chi connectivity index (χ1n) is 5.61. The van der Waals surface area contributed by atoms with Crippen LogP contribution in [0.2, 0.25) is 0 Å². The summed E-state index contributed by atoms with van der Waals surface area (Å²) in [5.74, 6) is 0.265. The molecule has 0 bridgehead atoms. The zero-order chi connectivity index (χ0) is 12.1. The van der Waals surface area contributed by atoms with Crippen molar-refractivity contribution in [2.45, 2.75) is 39.2 Å². The van der Waals surface area contributed by atoms with Gasteiger partial charge in [0.2, 0.25) is 0 Å². The summed E-state index contributed by atoms with van der Waals surface area (Å²) in [5.41, 5.74) is 1.05. The van der Waals surface area contributed by atoms with E-state index in [1.165, 1.54) is 6.07 Å². The van der Waals surface area contributed by atoms with Crippen LogP contribution in [0.25, 0.3) is 0 Å². The Labute approximate surface area is 105 Å². The smallest absolute Gasteiger partial charge is 0.137 e. The molecule has 0 aliphatic rings. The number of aliphatic hydroxyl groups is 1. The van der Waals surface area contributed by atoms with E-state index >= 15 is 0 Å². The van der Waals surface area contributed by atoms with Gasteiger partial charge in [0.1, 0.15) is 5.82 Å². The standard InChI is InChI=1S/C13H18BrFO/c1-9(2)7-11(16)5-3-10-4-6-13(15)12(14)8-10/h4,6,8-9,11,16H,3,5,7H2,1-2H3. The molecule has 1 atom stereocenters. The maximum absolute atomic E-state index is 13.0. The van der Waals surface area contributed by atoms with E-state index in [1.54, 1.807) is 12.1 Å². The number of halogens is 2. The van der Waals surface area contributed by atoms with E-state index in [2.05, 4.69) is 29.8 Å². The van der Waals surface area contributed by atoms with E-state index < -0.39 is 0 Å². The lowest BCUT2D eigenvalue weighted by molar-refractivity contribution is 0.139. The first-order chi connectivity index (χ1) is 7.49. The van der Waals surface area contributed by atoms with Crippen LogP contribution in [0.5, 0.6) is 0 Å². The summed E-state index contributed by atoms with van der Waals surface area (Å²) < 4.78 is 13.5. The molecular weight excluding hydrogens is 271 g/mol. The highest BCUT2D eigenvalue weighted by Gasteiger charge is 2.08. The molecule has 3 heteroatoms. The molecule has 0 amide bonds. The van der Waals surface area contributed by atoms with Gasteiger partial charge in [-0.2, -0.15) is 0 Å². The average Bonchev–Trinajstić information content (AvgIpc) is 2.19. The second-order valence-corrected chi connectivity index (χ2v) is 5.42. The second kappa shape index (κ2) is 6.36. The van der Waals surface area contributed by atoms with Crippen LogP contribution in [0.4, 0.5) is 4.39 Å². The van der Waals surface area contributed by atoms with Crippen molar-refractivity contribution in [3.63, 3.8) is 0 Å². The van der Waals surface area contributed by atoms with Crippen molar-refractivity contribution in [1.82, 2.24) is 0 Å². The molecule has 1 unspecified atom stereocenters. The summed E-state index contributed by atoms with van der Waals surface area (Å²) in [4.78, 5) is 0. The monoisotopic (exact) mass is 288 g/mol. The number of hydrogen-bond acceptors (Lipinski definition) is 1. The second-order valence-electron chi connectivity index (χ2n) is 4.57. The minimum absolute atomic E-state index is 0.244. The minimum Gasteiger partial charge on any atom is -0.393 e. The molecule has 0 aliphatic carbocycles. The van der Waals surface area contributed by atoms with Gasteiger partial charge >= 0.3 is 0 Å². The number of hydrogen-bond donors (Lipinski definition) is 1. The Morgan fingerprint density at radius 3 is 2.62 bits per heavy atom. The van der Waals surface area contributed by atoms with Gasteiger partial charge in [-0.1, -0.05) is 19.9 Å². The van der Waals surface area contributed by atoms with Crippen LogP contribution in [0, 0.1) is 11.7 Å². The Morgan fingerprint density at radius 2 is 2.06 bits per heavy atom. The van der Waals surface area contributed by atoms with Crippen molar-refractivity contribution < 1.29 is 9.50 Å². The van der Waals surface area contributed by atoms with Crippen molar-refractivity contribution >= 4 is 15.9 Å². The molecule has 16 heavy (non-hydrogen) atoms. The van der Waals surface area contributed by atoms with E-state index in [9.17, 15) is 9.50 Å². The van der Waals surface area contributed by atoms with Gasteiger partial charge in [-0.15, -0.1) is 0 Å². The van der Waals surface area contributed by atoms with E-state index in [0.29, 0.717) is 10.4 Å². The maximum Gasteiger partial charge on any atom is 0.137 e. The van der Waals surface area contributed by atoms with Gasteiger partial charge in [0, 0.05) is 0 Å². The molecule has 1 aromatic carbocycles. The highest BCUT2D eigenvalue weighted by Crippen LogP contribution is 2.19. The molecule has 0 heterocycles. The molecule has 0 saturated carbocycles. The first-order valence-corrected chi connectivity index (χ1v) is 6.40. The molecule has 1 rings (SSSR count). The molecule has 90 valence electrons. The fraction of sp³-hybridized carbons (Fsp3) is 0.538. The van der Waals surface area contributed by atoms with Crippen LogP contribution in [0.3, 0.4) is 0 Å². The Balaban J connectivity index is 2.45. The highest BCUT2D eigenvalue weighted by atomic mass is 79.9. The summed E-state index contributed by atoms with van der Waals surface area (Å²) >= 11 is 3.16. The van der Waals surface area contributed by atoms with Gasteiger partial charge in [0.05, 0.1) is 10.6 Å². The zero-order valence-electron chi connectivity index (χ0n) is 9.71. The van der Waals surface area contributed by atoms with E-state index in [1.807, 2.05) is 0 Å². The fourth-order valence-electron chi connectivity index (χ4n) is 1.69. The molecule has 0 spiro atoms. The van der Waals surface area contributed by atoms with Crippen molar-refractivity contribution in [2.24, 2.45) is 5.92 Å². The molecule has 1 nitrogen and oxygen atoms in total. The number of benzene rings is 1. The Bertz CT molecular complexity index is 339. The molecule has 1 N–H and O–H groups in total. The number of aliphatic hydroxyl groups excluding tert-OH is 1. The van der Waals surface area contributed by atoms with Crippen LogP contribution < -0.4 is 0 Å². The SMILES string of the molecule is CC(C)CC(O)CCc1ccc(F)c(Br)c1. The Kier molecular flexibility index (Phi) is 5.42. The van der Waals surface area contributed by atoms with Crippen LogP contribution >= 0.6 is 15.9 Å². The van der Waals surface area contributed by atoms with E-state index in [4.69, 9.17) is 0 Å². The molecule has 1 aromatic rings. The molecule has 0 saturated heterocycles. The number of aryl methyl sites for hydroxylation is 1. The lowest BCUT2D eigenvalue weighted by Gasteiger charge is -2.12. The van der Waals surface area contributed by atoms with Crippen LogP contribution in [-0.2, 0) is 6.42 Å². The Hall–Kier alpha value is -0.410. The highest BCUT2D eigenvalue weighted by molar-refractivity contribution is 9.10. The molecule has 0 aliphatic heterocycles. The fourth-order valence-corrected chi connectivity index (χ4v) is 2.12. The average molecular weight is 289 g/mol. The molecule has 0 aromatic heterocycles. The first kappa shape index (κ1) is 13.7. The van der Waals surface area contributed by atoms with Gasteiger partial charge in [0.15, 0.2) is 0 Å². The summed E-state index contributed by atoms with van der Waals surface area (Å²) in [7, 11) is 0. The maximum atomic E-state index is 13.0. The largest absolute Gasteiger partial charge is 0.393 e. The van der Waals surface area contributed by atoms with E-state index in [0.717, 1.165) is 24.8 Å². The predicted octanol–water partition coefficient (Wildman–Crippen LogP) is 3.93. The van der Waals surface area contributed by atoms with Crippen LogP contribution in [-0.4, -0.2) is 11.2 Å². The van der Waals surface area contributed by atoms with Crippen molar-refractivity contribution in [3.05, 3.63) is 34.1 Å². The van der Waals surface area contributed by atoms with Crippen LogP contribution in [0.1, 0.15) is 32.3 Å². The van der Waals surface area contributed by atoms with Gasteiger partial charge in [0.25, 0.3) is 0 Å². The zero-order valence-corrected chi connectivity index (χ0v) is 11.3. The topological polar surface area (TPSA) is 20.2 Å². The van der Waals surface area contributed by atoms with Crippen LogP contribution in [0.15, 0.2) is 22.7 Å². The Morgan fingerprint density at radius 1 is 1.38 bits per heavy atom. The van der Waals surface area contributed by atoms with Crippen molar-refractivity contribution in [3.8, 4) is 0 Å². The predicted molar refractivity (Wildman–Crippen MR) is 67.9 cm³/mol. The molecular formula is C13H18BrFO. The van der Waals surface area contributed by atoms with E-state index in [-0.39, 0.29) is 11.9 Å². The van der Waals surface area contributed by atoms with Gasteiger partial charge in [-0.05, 0) is 58.8 Å². The third-order valence-corrected chi connectivity index (χ3v) is 3.10. The molecule has 0 fully saturated rings. The van der Waals surface area contributed by atoms with Gasteiger partial charge < -0.3 is 5.11 Å². The summed E-state index contributed by atoms with van der Waals surface area (Å²) in [6.07, 6.45) is 2.08. The van der Waals surface area contributed by atoms with Crippen molar-refractivity contribution in [2.75, 3.05) is 0 Å². The molecule has 0 radical (unpaired) electrons. The summed E-state index contributed by atoms with van der Waals surface area (Å²) in [6, 6.07) is 4.99. The quantitative estimate of drug-likeness (QED) is 0.870. The third kappa shape index (κ3) is 4.62. The normalized spacial score (nSPS) is 13.1. The van der Waals surface area contributed by atoms with Gasteiger partial charge in [-0.25, -0.2) is 4.39 Å². The minimum atomic E-state index is -0.260. The lowest BCUT2D eigenvalue weighted by atomic mass is 10.00. The van der Waals surface area contributed by atoms with Crippen molar-refractivity contribution in [1.29, 1.82) is 0 Å². The third-order valence-electron chi connectivity index (χ3n) is 2.49. The summed E-state index contributed by atoms with van der Waals surface area (Å²) in [5, 5.41) is 9.72. The number of rotatable bonds is 5. The van der Waals surface area contributed by atoms with Gasteiger partial charge in [-0.3, -0.25) is 0 Å². The lowest BCUT2D eigenvalue weighted by Crippen LogP contribution is -2.11. The summed E-state index contributed by atoms with van der Waals surface area (Å²) in [6.45, 7) is 4.19.